The van der Waals surface area contributed by atoms with Crippen LogP contribution in [0.4, 0.5) is 0 Å². The zero-order chi connectivity index (χ0) is 14.4. The molecule has 1 aromatic rings. The average molecular weight is 300 g/mol. The van der Waals surface area contributed by atoms with Crippen LogP contribution in [0.2, 0.25) is 5.02 Å². The van der Waals surface area contributed by atoms with Crippen LogP contribution in [0.25, 0.3) is 0 Å². The maximum atomic E-state index is 9.66. The molecule has 2 unspecified atom stereocenters. The van der Waals surface area contributed by atoms with Crippen molar-refractivity contribution >= 4 is 11.6 Å². The minimum atomic E-state index is -0.423. The monoisotopic (exact) mass is 299 g/mol. The van der Waals surface area contributed by atoms with Crippen molar-refractivity contribution in [2.75, 3.05) is 26.9 Å². The Morgan fingerprint density at radius 3 is 3.20 bits per heavy atom. The van der Waals surface area contributed by atoms with Gasteiger partial charge in [0.1, 0.15) is 5.75 Å². The van der Waals surface area contributed by atoms with Crippen LogP contribution in [0.1, 0.15) is 30.9 Å². The predicted molar refractivity (Wildman–Crippen MR) is 79.4 cm³/mol. The number of methoxy groups -OCH3 is 1. The Morgan fingerprint density at radius 2 is 2.40 bits per heavy atom. The zero-order valence-corrected chi connectivity index (χ0v) is 12.5. The van der Waals surface area contributed by atoms with Gasteiger partial charge in [-0.1, -0.05) is 23.7 Å². The van der Waals surface area contributed by atoms with Crippen molar-refractivity contribution < 1.29 is 14.6 Å². The summed E-state index contributed by atoms with van der Waals surface area (Å²) in [7, 11) is 1.59. The second kappa shape index (κ2) is 7.84. The summed E-state index contributed by atoms with van der Waals surface area (Å²) in [5, 5.41) is 13.8. The molecule has 1 heterocycles. The number of rotatable bonds is 6. The number of halogens is 1. The minimum Gasteiger partial charge on any atom is -0.492 e. The highest BCUT2D eigenvalue weighted by Crippen LogP contribution is 2.36. The van der Waals surface area contributed by atoms with Crippen molar-refractivity contribution in [1.82, 2.24) is 5.32 Å². The first kappa shape index (κ1) is 15.6. The van der Waals surface area contributed by atoms with E-state index in [-0.39, 0.29) is 6.04 Å². The molecule has 0 bridgehead atoms. The van der Waals surface area contributed by atoms with Gasteiger partial charge in [0.05, 0.1) is 24.3 Å². The lowest BCUT2D eigenvalue weighted by atomic mass is 10.0. The molecule has 1 aliphatic heterocycles. The molecule has 0 radical (unpaired) electrons. The third-order valence-corrected chi connectivity index (χ3v) is 3.78. The van der Waals surface area contributed by atoms with Gasteiger partial charge >= 0.3 is 0 Å². The molecule has 0 aromatic heterocycles. The van der Waals surface area contributed by atoms with E-state index >= 15 is 0 Å². The normalized spacial score (nSPS) is 19.9. The van der Waals surface area contributed by atoms with Gasteiger partial charge in [0.2, 0.25) is 0 Å². The molecular formula is C15H22ClNO3. The van der Waals surface area contributed by atoms with Crippen LogP contribution in [0, 0.1) is 0 Å². The Morgan fingerprint density at radius 1 is 1.55 bits per heavy atom. The lowest BCUT2D eigenvalue weighted by Gasteiger charge is -2.20. The second-order valence-electron chi connectivity index (χ2n) is 5.05. The Hall–Kier alpha value is -0.810. The van der Waals surface area contributed by atoms with Crippen molar-refractivity contribution in [1.29, 1.82) is 0 Å². The van der Waals surface area contributed by atoms with Crippen LogP contribution in [0.15, 0.2) is 18.2 Å². The van der Waals surface area contributed by atoms with E-state index in [2.05, 4.69) is 11.4 Å². The predicted octanol–water partition coefficient (Wildman–Crippen LogP) is 2.54. The number of aliphatic hydroxyl groups excluding tert-OH is 1. The standard InChI is InChI=1S/C15H22ClNO3/c1-19-10-11(18)7-8-17-14-6-3-9-20-15-12(14)4-2-5-13(15)16/h2,4-5,11,14,17-18H,3,6-10H2,1H3. The minimum absolute atomic E-state index is 0.223. The summed E-state index contributed by atoms with van der Waals surface area (Å²) in [5.74, 6) is 0.793. The first-order chi connectivity index (χ1) is 9.72. The molecule has 1 aromatic carbocycles. The van der Waals surface area contributed by atoms with Gasteiger partial charge in [-0.25, -0.2) is 0 Å². The number of benzene rings is 1. The summed E-state index contributed by atoms with van der Waals surface area (Å²) in [6, 6.07) is 6.08. The Kier molecular flexibility index (Phi) is 6.10. The molecule has 2 rings (SSSR count). The highest BCUT2D eigenvalue weighted by molar-refractivity contribution is 6.32. The topological polar surface area (TPSA) is 50.7 Å². The number of ether oxygens (including phenoxy) is 2. The van der Waals surface area contributed by atoms with Gasteiger partial charge in [-0.15, -0.1) is 0 Å². The van der Waals surface area contributed by atoms with E-state index in [1.54, 1.807) is 7.11 Å². The van der Waals surface area contributed by atoms with Gasteiger partial charge in [0, 0.05) is 18.7 Å². The highest BCUT2D eigenvalue weighted by atomic mass is 35.5. The van der Waals surface area contributed by atoms with Crippen LogP contribution < -0.4 is 10.1 Å². The summed E-state index contributed by atoms with van der Waals surface area (Å²) in [4.78, 5) is 0. The summed E-state index contributed by atoms with van der Waals surface area (Å²) in [5.41, 5.74) is 1.11. The number of aliphatic hydroxyl groups is 1. The van der Waals surface area contributed by atoms with Crippen LogP contribution >= 0.6 is 11.6 Å². The molecule has 0 amide bonds. The third kappa shape index (κ3) is 4.09. The average Bonchev–Trinajstić information content (AvgIpc) is 2.63. The fraction of sp³-hybridized carbons (Fsp3) is 0.600. The number of hydrogen-bond acceptors (Lipinski definition) is 4. The first-order valence-electron chi connectivity index (χ1n) is 7.04. The summed E-state index contributed by atoms with van der Waals surface area (Å²) in [6.07, 6.45) is 2.24. The molecular weight excluding hydrogens is 278 g/mol. The molecule has 0 spiro atoms. The SMILES string of the molecule is COCC(O)CCNC1CCCOc2c(Cl)cccc21. The number of hydrogen-bond donors (Lipinski definition) is 2. The maximum Gasteiger partial charge on any atom is 0.142 e. The smallest absolute Gasteiger partial charge is 0.142 e. The van der Waals surface area contributed by atoms with Crippen molar-refractivity contribution in [3.63, 3.8) is 0 Å². The molecule has 20 heavy (non-hydrogen) atoms. The molecule has 112 valence electrons. The van der Waals surface area contributed by atoms with Crippen LogP contribution in [0.5, 0.6) is 5.75 Å². The largest absolute Gasteiger partial charge is 0.492 e. The maximum absolute atomic E-state index is 9.66. The fourth-order valence-corrected chi connectivity index (χ4v) is 2.72. The van der Waals surface area contributed by atoms with E-state index in [9.17, 15) is 5.11 Å². The van der Waals surface area contributed by atoms with Gasteiger partial charge < -0.3 is 19.9 Å². The highest BCUT2D eigenvalue weighted by Gasteiger charge is 2.21. The van der Waals surface area contributed by atoms with E-state index in [0.717, 1.165) is 30.7 Å². The molecule has 0 saturated carbocycles. The number of fused-ring (bicyclic) bond motifs is 1. The van der Waals surface area contributed by atoms with Gasteiger partial charge in [-0.05, 0) is 31.9 Å². The Bertz CT molecular complexity index is 428. The number of para-hydroxylation sites is 1. The lowest BCUT2D eigenvalue weighted by molar-refractivity contribution is 0.0589. The first-order valence-corrected chi connectivity index (χ1v) is 7.41. The van der Waals surface area contributed by atoms with E-state index in [0.29, 0.717) is 24.7 Å². The van der Waals surface area contributed by atoms with E-state index in [1.165, 1.54) is 0 Å². The molecule has 0 fully saturated rings. The van der Waals surface area contributed by atoms with Gasteiger partial charge in [0.15, 0.2) is 0 Å². The fourth-order valence-electron chi connectivity index (χ4n) is 2.48. The molecule has 1 aliphatic rings. The quantitative estimate of drug-likeness (QED) is 0.847. The third-order valence-electron chi connectivity index (χ3n) is 3.48. The van der Waals surface area contributed by atoms with Gasteiger partial charge in [-0.3, -0.25) is 0 Å². The summed E-state index contributed by atoms with van der Waals surface area (Å²) >= 11 is 6.20. The van der Waals surface area contributed by atoms with Crippen LogP contribution in [-0.4, -0.2) is 38.1 Å². The second-order valence-corrected chi connectivity index (χ2v) is 5.46. The van der Waals surface area contributed by atoms with Crippen LogP contribution in [0.3, 0.4) is 0 Å². The van der Waals surface area contributed by atoms with E-state index in [1.807, 2.05) is 12.1 Å². The Labute approximate surface area is 125 Å². The number of nitrogens with one attached hydrogen (secondary N) is 1. The van der Waals surface area contributed by atoms with Gasteiger partial charge in [0.25, 0.3) is 0 Å². The van der Waals surface area contributed by atoms with Crippen molar-refractivity contribution in [3.05, 3.63) is 28.8 Å². The molecule has 0 aliphatic carbocycles. The molecule has 4 nitrogen and oxygen atoms in total. The summed E-state index contributed by atoms with van der Waals surface area (Å²) < 4.78 is 10.7. The van der Waals surface area contributed by atoms with Crippen molar-refractivity contribution in [3.8, 4) is 5.75 Å². The molecule has 2 N–H and O–H groups in total. The zero-order valence-electron chi connectivity index (χ0n) is 11.8. The van der Waals surface area contributed by atoms with E-state index in [4.69, 9.17) is 21.1 Å². The van der Waals surface area contributed by atoms with E-state index < -0.39 is 6.10 Å². The Balaban J connectivity index is 1.97. The van der Waals surface area contributed by atoms with Crippen LogP contribution in [-0.2, 0) is 4.74 Å². The molecule has 2 atom stereocenters. The van der Waals surface area contributed by atoms with Crippen molar-refractivity contribution in [2.45, 2.75) is 31.4 Å². The molecule has 5 heteroatoms. The van der Waals surface area contributed by atoms with Gasteiger partial charge in [-0.2, -0.15) is 0 Å². The molecule has 0 saturated heterocycles. The summed E-state index contributed by atoms with van der Waals surface area (Å²) in [6.45, 7) is 1.81. The van der Waals surface area contributed by atoms with Crippen molar-refractivity contribution in [2.24, 2.45) is 0 Å². The lowest BCUT2D eigenvalue weighted by Crippen LogP contribution is -2.26.